The van der Waals surface area contributed by atoms with Crippen molar-refractivity contribution in [1.29, 1.82) is 0 Å². The Balaban J connectivity index is 1.58. The summed E-state index contributed by atoms with van der Waals surface area (Å²) < 4.78 is 15.1. The van der Waals surface area contributed by atoms with Crippen LogP contribution < -0.4 is 5.32 Å². The second-order valence-electron chi connectivity index (χ2n) is 6.23. The molecular weight excluding hydrogens is 341 g/mol. The van der Waals surface area contributed by atoms with Gasteiger partial charge in [-0.25, -0.2) is 4.39 Å². The van der Waals surface area contributed by atoms with Gasteiger partial charge in [0.25, 0.3) is 5.91 Å². The fraction of sp³-hybridized carbons (Fsp3) is 0.389. The van der Waals surface area contributed by atoms with E-state index in [1.165, 1.54) is 16.2 Å². The van der Waals surface area contributed by atoms with E-state index in [2.05, 4.69) is 10.3 Å². The third-order valence-corrected chi connectivity index (χ3v) is 5.07. The summed E-state index contributed by atoms with van der Waals surface area (Å²) in [5, 5.41) is 6.45. The molecule has 1 unspecified atom stereocenters. The fourth-order valence-corrected chi connectivity index (χ4v) is 3.60. The molecule has 1 N–H and O–H groups in total. The molecule has 3 heterocycles. The number of carbonyl (C=O) groups is 2. The van der Waals surface area contributed by atoms with E-state index in [0.717, 1.165) is 11.1 Å². The highest BCUT2D eigenvalue weighted by atomic mass is 32.1. The van der Waals surface area contributed by atoms with Gasteiger partial charge < -0.3 is 10.2 Å². The van der Waals surface area contributed by atoms with Crippen molar-refractivity contribution in [2.75, 3.05) is 13.1 Å². The Morgan fingerprint density at radius 3 is 2.80 bits per heavy atom. The number of amides is 2. The van der Waals surface area contributed by atoms with Crippen LogP contribution in [-0.2, 0) is 22.6 Å². The number of thiophene rings is 1. The maximum absolute atomic E-state index is 15.1. The highest BCUT2D eigenvalue weighted by Crippen LogP contribution is 2.26. The number of pyridine rings is 1. The van der Waals surface area contributed by atoms with Crippen LogP contribution in [0, 0.1) is 0 Å². The molecule has 1 saturated heterocycles. The highest BCUT2D eigenvalue weighted by molar-refractivity contribution is 7.08. The summed E-state index contributed by atoms with van der Waals surface area (Å²) in [6.07, 6.45) is 4.11. The summed E-state index contributed by atoms with van der Waals surface area (Å²) in [5.41, 5.74) is -0.254. The molecule has 0 spiro atoms. The Morgan fingerprint density at radius 2 is 2.08 bits per heavy atom. The molecular formula is C18H20FN3O2S. The molecule has 2 aromatic heterocycles. The molecule has 132 valence electrons. The van der Waals surface area contributed by atoms with Gasteiger partial charge in [0.05, 0.1) is 13.0 Å². The maximum atomic E-state index is 15.1. The van der Waals surface area contributed by atoms with Gasteiger partial charge in [-0.1, -0.05) is 0 Å². The van der Waals surface area contributed by atoms with Gasteiger partial charge in [0.15, 0.2) is 0 Å². The van der Waals surface area contributed by atoms with Gasteiger partial charge in [0.1, 0.15) is 0 Å². The summed E-state index contributed by atoms with van der Waals surface area (Å²) in [6.45, 7) is 0.556. The Morgan fingerprint density at radius 1 is 1.28 bits per heavy atom. The Bertz CT molecular complexity index is 723. The number of piperidine rings is 1. The molecule has 3 rings (SSSR count). The van der Waals surface area contributed by atoms with Crippen LogP contribution in [0.3, 0.4) is 0 Å². The second-order valence-corrected chi connectivity index (χ2v) is 7.01. The molecule has 2 aromatic rings. The summed E-state index contributed by atoms with van der Waals surface area (Å²) >= 11 is 1.52. The zero-order chi connectivity index (χ0) is 17.7. The molecule has 0 aliphatic carbocycles. The molecule has 1 fully saturated rings. The lowest BCUT2D eigenvalue weighted by atomic mass is 9.93. The van der Waals surface area contributed by atoms with Crippen molar-refractivity contribution >= 4 is 23.2 Å². The van der Waals surface area contributed by atoms with Gasteiger partial charge in [-0.05, 0) is 52.9 Å². The predicted molar refractivity (Wildman–Crippen MR) is 93.8 cm³/mol. The molecule has 25 heavy (non-hydrogen) atoms. The summed E-state index contributed by atoms with van der Waals surface area (Å²) in [4.78, 5) is 30.1. The van der Waals surface area contributed by atoms with E-state index in [9.17, 15) is 9.59 Å². The molecule has 0 saturated carbocycles. The molecule has 1 aliphatic rings. The van der Waals surface area contributed by atoms with Crippen molar-refractivity contribution in [3.63, 3.8) is 0 Å². The number of aromatic nitrogens is 1. The first-order valence-electron chi connectivity index (χ1n) is 8.22. The molecule has 2 amide bonds. The second kappa shape index (κ2) is 7.74. The van der Waals surface area contributed by atoms with Crippen LogP contribution in [0.15, 0.2) is 41.4 Å². The normalized spacial score (nSPS) is 20.3. The molecule has 0 radical (unpaired) electrons. The minimum atomic E-state index is -2.03. The quantitative estimate of drug-likeness (QED) is 0.889. The molecule has 0 aromatic carbocycles. The number of alkyl halides is 1. The van der Waals surface area contributed by atoms with Gasteiger partial charge in [0, 0.05) is 25.5 Å². The number of nitrogens with zero attached hydrogens (tertiary/aromatic N) is 2. The monoisotopic (exact) mass is 361 g/mol. The number of hydrogen-bond acceptors (Lipinski definition) is 4. The minimum absolute atomic E-state index is 0.136. The van der Waals surface area contributed by atoms with Crippen LogP contribution in [0.25, 0.3) is 0 Å². The van der Waals surface area contributed by atoms with Crippen LogP contribution in [-0.4, -0.2) is 40.5 Å². The third kappa shape index (κ3) is 4.42. The van der Waals surface area contributed by atoms with Crippen LogP contribution >= 0.6 is 11.3 Å². The number of rotatable bonds is 5. The lowest BCUT2D eigenvalue weighted by Gasteiger charge is -2.36. The van der Waals surface area contributed by atoms with Crippen molar-refractivity contribution in [3.8, 4) is 0 Å². The van der Waals surface area contributed by atoms with Crippen molar-refractivity contribution in [2.24, 2.45) is 0 Å². The maximum Gasteiger partial charge on any atom is 0.259 e. The van der Waals surface area contributed by atoms with Gasteiger partial charge in [-0.15, -0.1) is 0 Å². The van der Waals surface area contributed by atoms with Gasteiger partial charge in [-0.2, -0.15) is 11.3 Å². The van der Waals surface area contributed by atoms with Crippen LogP contribution in [0.5, 0.6) is 0 Å². The zero-order valence-corrected chi connectivity index (χ0v) is 14.6. The van der Waals surface area contributed by atoms with E-state index in [4.69, 9.17) is 0 Å². The number of hydrogen-bond donors (Lipinski definition) is 1. The molecule has 0 bridgehead atoms. The van der Waals surface area contributed by atoms with E-state index < -0.39 is 11.6 Å². The van der Waals surface area contributed by atoms with Crippen LogP contribution in [0.4, 0.5) is 4.39 Å². The first-order valence-corrected chi connectivity index (χ1v) is 9.16. The zero-order valence-electron chi connectivity index (χ0n) is 13.8. The molecule has 1 aliphatic heterocycles. The van der Waals surface area contributed by atoms with Crippen molar-refractivity contribution < 1.29 is 14.0 Å². The van der Waals surface area contributed by atoms with Crippen LogP contribution in [0.2, 0.25) is 0 Å². The van der Waals surface area contributed by atoms with Gasteiger partial charge in [0.2, 0.25) is 11.6 Å². The number of carbonyl (C=O) groups excluding carboxylic acids is 2. The van der Waals surface area contributed by atoms with E-state index in [1.54, 1.807) is 24.5 Å². The fourth-order valence-electron chi connectivity index (χ4n) is 2.93. The van der Waals surface area contributed by atoms with Gasteiger partial charge in [-0.3, -0.25) is 14.6 Å². The highest BCUT2D eigenvalue weighted by Gasteiger charge is 2.43. The largest absolute Gasteiger partial charge is 0.349 e. The van der Waals surface area contributed by atoms with Crippen molar-refractivity contribution in [3.05, 3.63) is 52.5 Å². The number of halogens is 1. The molecule has 5 nitrogen and oxygen atoms in total. The summed E-state index contributed by atoms with van der Waals surface area (Å²) in [6, 6.07) is 5.42. The van der Waals surface area contributed by atoms with E-state index >= 15 is 4.39 Å². The first kappa shape index (κ1) is 17.5. The average Bonchev–Trinajstić information content (AvgIpc) is 3.13. The number of nitrogens with one attached hydrogen (secondary N) is 1. The van der Waals surface area contributed by atoms with Crippen LogP contribution in [0.1, 0.15) is 24.0 Å². The standard InChI is InChI=1S/C18H20FN3O2S/c19-18(17(24)21-11-14-2-6-20-7-3-14)5-1-8-22(13-18)16(23)10-15-4-9-25-12-15/h2-4,6-7,9,12H,1,5,8,10-11,13H2,(H,21,24). The lowest BCUT2D eigenvalue weighted by Crippen LogP contribution is -2.55. The molecule has 7 heteroatoms. The summed E-state index contributed by atoms with van der Waals surface area (Å²) in [7, 11) is 0. The SMILES string of the molecule is O=C(Cc1ccsc1)N1CCCC(F)(C(=O)NCc2ccncc2)C1. The van der Waals surface area contributed by atoms with Crippen molar-refractivity contribution in [2.45, 2.75) is 31.5 Å². The predicted octanol–water partition coefficient (Wildman–Crippen LogP) is 2.33. The van der Waals surface area contributed by atoms with E-state index in [-0.39, 0.29) is 31.8 Å². The van der Waals surface area contributed by atoms with E-state index in [0.29, 0.717) is 13.0 Å². The summed E-state index contributed by atoms with van der Waals surface area (Å²) in [5.74, 6) is -0.792. The Hall–Kier alpha value is -2.28. The third-order valence-electron chi connectivity index (χ3n) is 4.34. The topological polar surface area (TPSA) is 62.3 Å². The number of likely N-dealkylation sites (tertiary alicyclic amines) is 1. The first-order chi connectivity index (χ1) is 12.1. The van der Waals surface area contributed by atoms with Gasteiger partial charge >= 0.3 is 0 Å². The smallest absolute Gasteiger partial charge is 0.259 e. The minimum Gasteiger partial charge on any atom is -0.349 e. The lowest BCUT2D eigenvalue weighted by molar-refractivity contribution is -0.143. The average molecular weight is 361 g/mol. The van der Waals surface area contributed by atoms with Crippen molar-refractivity contribution in [1.82, 2.24) is 15.2 Å². The Kier molecular flexibility index (Phi) is 5.43. The molecule has 1 atom stereocenters. The van der Waals surface area contributed by atoms with E-state index in [1.807, 2.05) is 16.8 Å². The Labute approximate surface area is 149 Å².